The van der Waals surface area contributed by atoms with Crippen LogP contribution < -0.4 is 10.6 Å². The molecule has 0 bridgehead atoms. The third-order valence-electron chi connectivity index (χ3n) is 3.33. The molecule has 6 nitrogen and oxygen atoms in total. The summed E-state index contributed by atoms with van der Waals surface area (Å²) >= 11 is 2.84. The first-order valence-electron chi connectivity index (χ1n) is 7.71. The van der Waals surface area contributed by atoms with Crippen LogP contribution in [-0.4, -0.2) is 42.1 Å². The molecule has 0 aliphatic heterocycles. The summed E-state index contributed by atoms with van der Waals surface area (Å²) in [5, 5.41) is 15.2. The number of methoxy groups -OCH3 is 1. The largest absolute Gasteiger partial charge is 0.383 e. The number of aromatic nitrogens is 2. The second-order valence-electron chi connectivity index (χ2n) is 5.09. The summed E-state index contributed by atoms with van der Waals surface area (Å²) in [5.74, 6) is 0.289. The van der Waals surface area contributed by atoms with E-state index in [1.54, 1.807) is 7.11 Å². The standard InChI is InChI=1S/C16H22N4O2S2/c1-4-12-7-5-6-11(2)14(12)18-15-19-20-16(24-15)23-10-13(21)17-8-9-22-3/h5-7H,4,8-10H2,1-3H3,(H,17,21)(H,18,19). The van der Waals surface area contributed by atoms with Gasteiger partial charge >= 0.3 is 0 Å². The molecule has 2 aromatic rings. The molecule has 0 aliphatic carbocycles. The van der Waals surface area contributed by atoms with Gasteiger partial charge in [0, 0.05) is 19.3 Å². The number of nitrogens with one attached hydrogen (secondary N) is 2. The summed E-state index contributed by atoms with van der Waals surface area (Å²) in [5.41, 5.74) is 3.51. The molecule has 0 fully saturated rings. The molecular formula is C16H22N4O2S2. The van der Waals surface area contributed by atoms with Crippen molar-refractivity contribution < 1.29 is 9.53 Å². The molecule has 1 aromatic carbocycles. The molecule has 0 spiro atoms. The average molecular weight is 367 g/mol. The first-order chi connectivity index (χ1) is 11.6. The normalized spacial score (nSPS) is 10.6. The Morgan fingerprint density at radius 3 is 2.96 bits per heavy atom. The molecule has 1 amide bonds. The third kappa shape index (κ3) is 5.47. The number of benzene rings is 1. The van der Waals surface area contributed by atoms with Gasteiger partial charge < -0.3 is 15.4 Å². The van der Waals surface area contributed by atoms with E-state index in [1.165, 1.54) is 34.2 Å². The van der Waals surface area contributed by atoms with E-state index in [0.29, 0.717) is 18.9 Å². The number of rotatable bonds is 9. The molecule has 1 aromatic heterocycles. The van der Waals surface area contributed by atoms with Gasteiger partial charge in [-0.2, -0.15) is 0 Å². The fraction of sp³-hybridized carbons (Fsp3) is 0.438. The van der Waals surface area contributed by atoms with Gasteiger partial charge in [0.2, 0.25) is 11.0 Å². The molecule has 0 aliphatic rings. The second kappa shape index (κ2) is 9.61. The van der Waals surface area contributed by atoms with E-state index >= 15 is 0 Å². The highest BCUT2D eigenvalue weighted by atomic mass is 32.2. The van der Waals surface area contributed by atoms with Gasteiger partial charge in [0.1, 0.15) is 0 Å². The maximum atomic E-state index is 11.7. The van der Waals surface area contributed by atoms with Gasteiger partial charge in [0.15, 0.2) is 4.34 Å². The highest BCUT2D eigenvalue weighted by Crippen LogP contribution is 2.30. The Bertz CT molecular complexity index is 676. The van der Waals surface area contributed by atoms with Crippen LogP contribution in [0.25, 0.3) is 0 Å². The van der Waals surface area contributed by atoms with Crippen molar-refractivity contribution in [3.05, 3.63) is 29.3 Å². The number of hydrogen-bond acceptors (Lipinski definition) is 7. The van der Waals surface area contributed by atoms with E-state index in [4.69, 9.17) is 4.74 Å². The molecule has 24 heavy (non-hydrogen) atoms. The molecule has 1 heterocycles. The fourth-order valence-electron chi connectivity index (χ4n) is 2.10. The Hall–Kier alpha value is -1.64. The number of carbonyl (C=O) groups excluding carboxylic acids is 1. The number of para-hydroxylation sites is 1. The van der Waals surface area contributed by atoms with Crippen molar-refractivity contribution in [1.29, 1.82) is 0 Å². The van der Waals surface area contributed by atoms with E-state index in [9.17, 15) is 4.79 Å². The Labute approximate surface area is 150 Å². The third-order valence-corrected chi connectivity index (χ3v) is 5.31. The summed E-state index contributed by atoms with van der Waals surface area (Å²) in [6.07, 6.45) is 0.950. The molecule has 0 saturated heterocycles. The number of anilines is 2. The minimum Gasteiger partial charge on any atom is -0.383 e. The van der Waals surface area contributed by atoms with E-state index in [0.717, 1.165) is 21.6 Å². The summed E-state index contributed by atoms with van der Waals surface area (Å²) in [4.78, 5) is 11.7. The lowest BCUT2D eigenvalue weighted by atomic mass is 10.1. The number of amides is 1. The van der Waals surface area contributed by atoms with Crippen molar-refractivity contribution in [3.63, 3.8) is 0 Å². The number of ether oxygens (including phenoxy) is 1. The number of thioether (sulfide) groups is 1. The molecule has 130 valence electrons. The summed E-state index contributed by atoms with van der Waals surface area (Å²) in [7, 11) is 1.61. The molecule has 0 saturated carbocycles. The van der Waals surface area contributed by atoms with Gasteiger partial charge in [-0.25, -0.2) is 0 Å². The van der Waals surface area contributed by atoms with Gasteiger partial charge in [-0.15, -0.1) is 10.2 Å². The van der Waals surface area contributed by atoms with Crippen molar-refractivity contribution >= 4 is 39.8 Å². The second-order valence-corrected chi connectivity index (χ2v) is 7.29. The van der Waals surface area contributed by atoms with E-state index in [1.807, 2.05) is 0 Å². The lowest BCUT2D eigenvalue weighted by Gasteiger charge is -2.11. The fourth-order valence-corrected chi connectivity index (χ4v) is 3.68. The average Bonchev–Trinajstić information content (AvgIpc) is 3.03. The van der Waals surface area contributed by atoms with Crippen molar-refractivity contribution in [2.75, 3.05) is 31.3 Å². The molecule has 0 atom stereocenters. The van der Waals surface area contributed by atoms with E-state index in [-0.39, 0.29) is 5.91 Å². The molecule has 0 unspecified atom stereocenters. The van der Waals surface area contributed by atoms with Crippen LogP contribution in [0, 0.1) is 6.92 Å². The Morgan fingerprint density at radius 2 is 2.21 bits per heavy atom. The van der Waals surface area contributed by atoms with Crippen LogP contribution in [0.15, 0.2) is 22.5 Å². The lowest BCUT2D eigenvalue weighted by Crippen LogP contribution is -2.28. The van der Waals surface area contributed by atoms with Gasteiger partial charge in [0.05, 0.1) is 12.4 Å². The van der Waals surface area contributed by atoms with Crippen LogP contribution in [0.4, 0.5) is 10.8 Å². The zero-order valence-corrected chi connectivity index (χ0v) is 15.7. The van der Waals surface area contributed by atoms with Crippen LogP contribution in [0.3, 0.4) is 0 Å². The van der Waals surface area contributed by atoms with Crippen molar-refractivity contribution in [1.82, 2.24) is 15.5 Å². The van der Waals surface area contributed by atoms with Gasteiger partial charge in [-0.05, 0) is 24.5 Å². The zero-order valence-electron chi connectivity index (χ0n) is 14.1. The number of carbonyl (C=O) groups is 1. The van der Waals surface area contributed by atoms with Crippen LogP contribution in [0.1, 0.15) is 18.1 Å². The SMILES string of the molecule is CCc1cccc(C)c1Nc1nnc(SCC(=O)NCCOC)s1. The van der Waals surface area contributed by atoms with Crippen molar-refractivity contribution in [3.8, 4) is 0 Å². The molecule has 2 N–H and O–H groups in total. The van der Waals surface area contributed by atoms with Crippen LogP contribution in [-0.2, 0) is 16.0 Å². The lowest BCUT2D eigenvalue weighted by molar-refractivity contribution is -0.118. The molecule has 8 heteroatoms. The molecular weight excluding hydrogens is 344 g/mol. The Kier molecular flexibility index (Phi) is 7.48. The predicted octanol–water partition coefficient (Wildman–Crippen LogP) is 3.01. The summed E-state index contributed by atoms with van der Waals surface area (Å²) < 4.78 is 5.66. The quantitative estimate of drug-likeness (QED) is 0.525. The molecule has 2 rings (SSSR count). The topological polar surface area (TPSA) is 76.1 Å². The van der Waals surface area contributed by atoms with Crippen LogP contribution in [0.5, 0.6) is 0 Å². The Balaban J connectivity index is 1.91. The first kappa shape index (κ1) is 18.7. The Morgan fingerprint density at radius 1 is 1.38 bits per heavy atom. The van der Waals surface area contributed by atoms with Crippen molar-refractivity contribution in [2.45, 2.75) is 24.6 Å². The first-order valence-corrected chi connectivity index (χ1v) is 9.51. The van der Waals surface area contributed by atoms with Gasteiger partial charge in [0.25, 0.3) is 0 Å². The number of nitrogens with zero attached hydrogens (tertiary/aromatic N) is 2. The highest BCUT2D eigenvalue weighted by Gasteiger charge is 2.10. The van der Waals surface area contributed by atoms with Gasteiger partial charge in [-0.3, -0.25) is 4.79 Å². The van der Waals surface area contributed by atoms with Gasteiger partial charge in [-0.1, -0.05) is 48.2 Å². The maximum absolute atomic E-state index is 11.7. The van der Waals surface area contributed by atoms with Crippen LogP contribution in [0.2, 0.25) is 0 Å². The number of aryl methyl sites for hydroxylation is 2. The van der Waals surface area contributed by atoms with E-state index in [2.05, 4.69) is 52.9 Å². The highest BCUT2D eigenvalue weighted by molar-refractivity contribution is 8.01. The predicted molar refractivity (Wildman–Crippen MR) is 99.4 cm³/mol. The molecule has 0 radical (unpaired) electrons. The minimum atomic E-state index is -0.0334. The number of hydrogen-bond donors (Lipinski definition) is 2. The maximum Gasteiger partial charge on any atom is 0.230 e. The van der Waals surface area contributed by atoms with E-state index < -0.39 is 0 Å². The van der Waals surface area contributed by atoms with Crippen molar-refractivity contribution in [2.24, 2.45) is 0 Å². The summed E-state index contributed by atoms with van der Waals surface area (Å²) in [6, 6.07) is 6.24. The minimum absolute atomic E-state index is 0.0334. The smallest absolute Gasteiger partial charge is 0.230 e. The van der Waals surface area contributed by atoms with Crippen LogP contribution >= 0.6 is 23.1 Å². The zero-order chi connectivity index (χ0) is 17.4. The monoisotopic (exact) mass is 366 g/mol. The summed E-state index contributed by atoms with van der Waals surface area (Å²) in [6.45, 7) is 5.23.